The van der Waals surface area contributed by atoms with E-state index < -0.39 is 30.8 Å². The first-order valence-electron chi connectivity index (χ1n) is 5.06. The lowest BCUT2D eigenvalue weighted by molar-refractivity contribution is -0.142. The van der Waals surface area contributed by atoms with E-state index in [2.05, 4.69) is 0 Å². The van der Waals surface area contributed by atoms with Gasteiger partial charge in [-0.1, -0.05) is 6.92 Å². The van der Waals surface area contributed by atoms with Crippen LogP contribution in [0.4, 0.5) is 18.0 Å². The van der Waals surface area contributed by atoms with Crippen LogP contribution < -0.4 is 5.32 Å². The molecule has 0 radical (unpaired) electrons. The van der Waals surface area contributed by atoms with Gasteiger partial charge in [-0.15, -0.1) is 0 Å². The summed E-state index contributed by atoms with van der Waals surface area (Å²) in [5.41, 5.74) is 0. The highest BCUT2D eigenvalue weighted by atomic mass is 19.4. The molecule has 0 aromatic rings. The monoisotopic (exact) mass is 254 g/mol. The van der Waals surface area contributed by atoms with Crippen molar-refractivity contribution in [2.24, 2.45) is 5.92 Å². The molecule has 0 spiro atoms. The van der Waals surface area contributed by atoms with Gasteiger partial charge in [-0.2, -0.15) is 13.2 Å². The van der Waals surface area contributed by atoms with Crippen LogP contribution in [0.25, 0.3) is 0 Å². The van der Waals surface area contributed by atoms with Crippen molar-refractivity contribution in [3.63, 3.8) is 0 Å². The molecule has 1 rings (SSSR count). The summed E-state index contributed by atoms with van der Waals surface area (Å²) < 4.78 is 35.7. The van der Waals surface area contributed by atoms with E-state index in [1.807, 2.05) is 0 Å². The lowest BCUT2D eigenvalue weighted by Gasteiger charge is -2.23. The third-order valence-corrected chi connectivity index (χ3v) is 2.65. The van der Waals surface area contributed by atoms with Crippen molar-refractivity contribution in [2.45, 2.75) is 25.6 Å². The highest BCUT2D eigenvalue weighted by Crippen LogP contribution is 2.24. The standard InChI is InChI=1S/C9H13F3N2O3/c1-5-2-3-14(6(5)7(15)16)8(17)13-4-9(10,11)12/h5-6H,2-4H2,1H3,(H,13,17)(H,15,16). The van der Waals surface area contributed by atoms with Gasteiger partial charge in [0.1, 0.15) is 12.6 Å². The Morgan fingerprint density at radius 2 is 2.06 bits per heavy atom. The molecule has 2 N–H and O–H groups in total. The molecule has 5 nitrogen and oxygen atoms in total. The molecule has 1 heterocycles. The molecule has 17 heavy (non-hydrogen) atoms. The quantitative estimate of drug-likeness (QED) is 0.774. The first-order chi connectivity index (χ1) is 7.72. The van der Waals surface area contributed by atoms with E-state index in [0.29, 0.717) is 6.42 Å². The predicted octanol–water partition coefficient (Wildman–Crippen LogP) is 1.05. The van der Waals surface area contributed by atoms with Gasteiger partial charge < -0.3 is 15.3 Å². The second kappa shape index (κ2) is 4.80. The van der Waals surface area contributed by atoms with Crippen LogP contribution in [0.1, 0.15) is 13.3 Å². The van der Waals surface area contributed by atoms with Crippen LogP contribution in [0.15, 0.2) is 0 Å². The lowest BCUT2D eigenvalue weighted by Crippen LogP contribution is -2.49. The number of aliphatic carboxylic acids is 1. The van der Waals surface area contributed by atoms with Crippen molar-refractivity contribution in [3.8, 4) is 0 Å². The Morgan fingerprint density at radius 1 is 1.47 bits per heavy atom. The summed E-state index contributed by atoms with van der Waals surface area (Å²) in [6, 6.07) is -2.04. The van der Waals surface area contributed by atoms with Gasteiger partial charge >= 0.3 is 18.2 Å². The summed E-state index contributed by atoms with van der Waals surface area (Å²) in [5, 5.41) is 10.6. The number of carbonyl (C=O) groups is 2. The summed E-state index contributed by atoms with van der Waals surface area (Å²) >= 11 is 0. The van der Waals surface area contributed by atoms with Gasteiger partial charge in [0.05, 0.1) is 0 Å². The van der Waals surface area contributed by atoms with Crippen molar-refractivity contribution in [1.82, 2.24) is 10.2 Å². The number of amides is 2. The number of nitrogens with one attached hydrogen (secondary N) is 1. The van der Waals surface area contributed by atoms with Crippen molar-refractivity contribution in [3.05, 3.63) is 0 Å². The smallest absolute Gasteiger partial charge is 0.405 e. The number of alkyl halides is 3. The molecule has 1 saturated heterocycles. The first-order valence-corrected chi connectivity index (χ1v) is 5.06. The van der Waals surface area contributed by atoms with Gasteiger partial charge in [-0.3, -0.25) is 0 Å². The van der Waals surface area contributed by atoms with Crippen LogP contribution in [-0.4, -0.2) is 47.3 Å². The van der Waals surface area contributed by atoms with Crippen molar-refractivity contribution >= 4 is 12.0 Å². The fourth-order valence-electron chi connectivity index (χ4n) is 1.83. The minimum absolute atomic E-state index is 0.155. The van der Waals surface area contributed by atoms with Gasteiger partial charge in [-0.05, 0) is 12.3 Å². The molecule has 2 unspecified atom stereocenters. The molecule has 0 bridgehead atoms. The Kier molecular flexibility index (Phi) is 3.84. The average molecular weight is 254 g/mol. The van der Waals surface area contributed by atoms with E-state index in [4.69, 9.17) is 5.11 Å². The van der Waals surface area contributed by atoms with Gasteiger partial charge in [-0.25, -0.2) is 9.59 Å². The topological polar surface area (TPSA) is 69.6 Å². The number of likely N-dealkylation sites (tertiary alicyclic amines) is 1. The van der Waals surface area contributed by atoms with Gasteiger partial charge in [0.2, 0.25) is 0 Å². The van der Waals surface area contributed by atoms with E-state index in [1.54, 1.807) is 12.2 Å². The van der Waals surface area contributed by atoms with Gasteiger partial charge in [0.15, 0.2) is 0 Å². The van der Waals surface area contributed by atoms with Crippen molar-refractivity contribution in [1.29, 1.82) is 0 Å². The maximum Gasteiger partial charge on any atom is 0.405 e. The molecule has 0 aliphatic carbocycles. The van der Waals surface area contributed by atoms with Crippen molar-refractivity contribution in [2.75, 3.05) is 13.1 Å². The zero-order valence-electron chi connectivity index (χ0n) is 9.12. The third-order valence-electron chi connectivity index (χ3n) is 2.65. The summed E-state index contributed by atoms with van der Waals surface area (Å²) in [6.45, 7) is 0.348. The van der Waals surface area contributed by atoms with Crippen LogP contribution in [-0.2, 0) is 4.79 Å². The fourth-order valence-corrected chi connectivity index (χ4v) is 1.83. The number of urea groups is 1. The van der Waals surface area contributed by atoms with E-state index >= 15 is 0 Å². The highest BCUT2D eigenvalue weighted by molar-refractivity contribution is 5.83. The lowest BCUT2D eigenvalue weighted by atomic mass is 10.0. The molecule has 0 saturated carbocycles. The molecule has 0 aromatic heterocycles. The van der Waals surface area contributed by atoms with Crippen LogP contribution in [0, 0.1) is 5.92 Å². The van der Waals surface area contributed by atoms with Crippen LogP contribution in [0.2, 0.25) is 0 Å². The molecular weight excluding hydrogens is 241 g/mol. The maximum absolute atomic E-state index is 11.9. The Balaban J connectivity index is 2.60. The Labute approximate surface area is 95.6 Å². The molecule has 1 aliphatic heterocycles. The Morgan fingerprint density at radius 3 is 2.53 bits per heavy atom. The fraction of sp³-hybridized carbons (Fsp3) is 0.778. The predicted molar refractivity (Wildman–Crippen MR) is 51.4 cm³/mol. The number of hydrogen-bond acceptors (Lipinski definition) is 2. The first kappa shape index (κ1) is 13.6. The minimum atomic E-state index is -4.50. The van der Waals surface area contributed by atoms with E-state index in [0.717, 1.165) is 4.90 Å². The van der Waals surface area contributed by atoms with Crippen LogP contribution >= 0.6 is 0 Å². The molecule has 8 heteroatoms. The molecule has 2 atom stereocenters. The van der Waals surface area contributed by atoms with Gasteiger partial charge in [0, 0.05) is 6.54 Å². The molecular formula is C9H13F3N2O3. The normalized spacial score (nSPS) is 24.8. The summed E-state index contributed by atoms with van der Waals surface area (Å²) in [5.74, 6) is -1.46. The Bertz CT molecular complexity index is 319. The number of rotatable bonds is 2. The van der Waals surface area contributed by atoms with Gasteiger partial charge in [0.25, 0.3) is 0 Å². The minimum Gasteiger partial charge on any atom is -0.480 e. The highest BCUT2D eigenvalue weighted by Gasteiger charge is 2.40. The molecule has 1 fully saturated rings. The number of carboxylic acids is 1. The van der Waals surface area contributed by atoms with E-state index in [-0.39, 0.29) is 12.5 Å². The maximum atomic E-state index is 11.9. The third kappa shape index (κ3) is 3.50. The molecule has 1 aliphatic rings. The summed E-state index contributed by atoms with van der Waals surface area (Å²) in [7, 11) is 0. The van der Waals surface area contributed by atoms with E-state index in [1.165, 1.54) is 0 Å². The summed E-state index contributed by atoms with van der Waals surface area (Å²) in [6.07, 6.45) is -4.03. The zero-order chi connectivity index (χ0) is 13.2. The second-order valence-corrected chi connectivity index (χ2v) is 4.02. The number of hydrogen-bond donors (Lipinski definition) is 2. The SMILES string of the molecule is CC1CCN(C(=O)NCC(F)(F)F)C1C(=O)O. The van der Waals surface area contributed by atoms with Crippen LogP contribution in [0.3, 0.4) is 0 Å². The largest absolute Gasteiger partial charge is 0.480 e. The molecule has 2 amide bonds. The number of nitrogens with zero attached hydrogens (tertiary/aromatic N) is 1. The van der Waals surface area contributed by atoms with Crippen molar-refractivity contribution < 1.29 is 27.9 Å². The number of carboxylic acid groups (broad SMARTS) is 1. The number of halogens is 3. The van der Waals surface area contributed by atoms with Crippen LogP contribution in [0.5, 0.6) is 0 Å². The average Bonchev–Trinajstić information content (AvgIpc) is 2.55. The summed E-state index contributed by atoms with van der Waals surface area (Å²) in [4.78, 5) is 23.2. The Hall–Kier alpha value is -1.47. The zero-order valence-corrected chi connectivity index (χ0v) is 9.12. The van der Waals surface area contributed by atoms with E-state index in [9.17, 15) is 22.8 Å². The second-order valence-electron chi connectivity index (χ2n) is 4.02. The molecule has 98 valence electrons. The molecule has 0 aromatic carbocycles. The number of carbonyl (C=O) groups excluding carboxylic acids is 1.